The maximum atomic E-state index is 12.1. The average molecular weight is 500 g/mol. The Hall–Kier alpha value is 0.150. The van der Waals surface area contributed by atoms with Crippen molar-refractivity contribution in [3.8, 4) is 0 Å². The van der Waals surface area contributed by atoms with Crippen LogP contribution in [0.5, 0.6) is 0 Å². The topological polar surface area (TPSA) is 26.3 Å². The monoisotopic (exact) mass is 500 g/mol. The second-order valence-corrected chi connectivity index (χ2v) is 7.45. The van der Waals surface area contributed by atoms with Gasteiger partial charge in [0.05, 0.1) is 11.7 Å². The molecular weight excluding hydrogens is 478 g/mol. The van der Waals surface area contributed by atoms with Crippen LogP contribution in [0.2, 0.25) is 0 Å². The molecule has 0 radical (unpaired) electrons. The standard InChI is InChI=1S/C16H22I2O2/c1-3-4-5-6-7-8-12(2)20-16(19)14-11-13(17)9-10-15(14)18/h9-12H,3-8H2,1-2H3/t12-/m1/s1. The SMILES string of the molecule is CCCCCCC[C@@H](C)OC(=O)c1cc(I)ccc1I. The Morgan fingerprint density at radius 2 is 1.90 bits per heavy atom. The zero-order valence-corrected chi connectivity index (χ0v) is 16.4. The number of halogens is 2. The average Bonchev–Trinajstić information content (AvgIpc) is 2.41. The van der Waals surface area contributed by atoms with Gasteiger partial charge in [0.1, 0.15) is 0 Å². The van der Waals surface area contributed by atoms with Crippen molar-refractivity contribution in [2.75, 3.05) is 0 Å². The lowest BCUT2D eigenvalue weighted by Crippen LogP contribution is -2.16. The normalized spacial score (nSPS) is 12.2. The van der Waals surface area contributed by atoms with E-state index in [2.05, 4.69) is 52.1 Å². The van der Waals surface area contributed by atoms with Crippen LogP contribution in [0.15, 0.2) is 18.2 Å². The third kappa shape index (κ3) is 6.74. The van der Waals surface area contributed by atoms with E-state index >= 15 is 0 Å². The fourth-order valence-corrected chi connectivity index (χ4v) is 3.04. The van der Waals surface area contributed by atoms with Crippen molar-refractivity contribution < 1.29 is 9.53 Å². The van der Waals surface area contributed by atoms with Gasteiger partial charge in [0.25, 0.3) is 0 Å². The van der Waals surface area contributed by atoms with Gasteiger partial charge < -0.3 is 4.74 Å². The smallest absolute Gasteiger partial charge is 0.339 e. The van der Waals surface area contributed by atoms with Crippen LogP contribution in [0.4, 0.5) is 0 Å². The molecule has 1 atom stereocenters. The maximum Gasteiger partial charge on any atom is 0.339 e. The number of rotatable bonds is 8. The van der Waals surface area contributed by atoms with E-state index in [0.29, 0.717) is 5.56 Å². The molecule has 112 valence electrons. The summed E-state index contributed by atoms with van der Waals surface area (Å²) < 4.78 is 7.54. The molecule has 0 heterocycles. The fourth-order valence-electron chi connectivity index (χ4n) is 1.99. The molecule has 0 aromatic heterocycles. The minimum absolute atomic E-state index is 0.00204. The van der Waals surface area contributed by atoms with Crippen molar-refractivity contribution in [1.29, 1.82) is 0 Å². The van der Waals surface area contributed by atoms with Crippen molar-refractivity contribution in [2.24, 2.45) is 0 Å². The van der Waals surface area contributed by atoms with Gasteiger partial charge in [0.2, 0.25) is 0 Å². The van der Waals surface area contributed by atoms with Crippen LogP contribution in [0, 0.1) is 7.14 Å². The van der Waals surface area contributed by atoms with E-state index < -0.39 is 0 Å². The van der Waals surface area contributed by atoms with E-state index in [-0.39, 0.29) is 12.1 Å². The quantitative estimate of drug-likeness (QED) is 0.256. The highest BCUT2D eigenvalue weighted by Gasteiger charge is 2.15. The van der Waals surface area contributed by atoms with Gasteiger partial charge in [-0.1, -0.05) is 32.6 Å². The summed E-state index contributed by atoms with van der Waals surface area (Å²) in [5.41, 5.74) is 0.676. The predicted octanol–water partition coefficient (Wildman–Crippen LogP) is 5.80. The Kier molecular flexibility index (Phi) is 9.08. The molecule has 4 heteroatoms. The molecule has 0 saturated heterocycles. The molecule has 0 N–H and O–H groups in total. The lowest BCUT2D eigenvalue weighted by molar-refractivity contribution is 0.0318. The summed E-state index contributed by atoms with van der Waals surface area (Å²) in [5.74, 6) is -0.200. The van der Waals surface area contributed by atoms with Gasteiger partial charge in [-0.05, 0) is 83.1 Å². The van der Waals surface area contributed by atoms with E-state index in [4.69, 9.17) is 4.74 Å². The molecule has 0 aliphatic heterocycles. The van der Waals surface area contributed by atoms with Gasteiger partial charge in [-0.25, -0.2) is 4.79 Å². The van der Waals surface area contributed by atoms with Crippen LogP contribution in [0.3, 0.4) is 0 Å². The van der Waals surface area contributed by atoms with Gasteiger partial charge in [0.15, 0.2) is 0 Å². The van der Waals surface area contributed by atoms with Crippen molar-refractivity contribution in [3.05, 3.63) is 30.9 Å². The first kappa shape index (κ1) is 18.2. The molecule has 1 aromatic rings. The largest absolute Gasteiger partial charge is 0.459 e. The fraction of sp³-hybridized carbons (Fsp3) is 0.562. The second kappa shape index (κ2) is 9.97. The summed E-state index contributed by atoms with van der Waals surface area (Å²) in [6, 6.07) is 5.84. The maximum absolute atomic E-state index is 12.1. The van der Waals surface area contributed by atoms with Crippen LogP contribution in [0.25, 0.3) is 0 Å². The Morgan fingerprint density at radius 1 is 1.20 bits per heavy atom. The summed E-state index contributed by atoms with van der Waals surface area (Å²) in [7, 11) is 0. The summed E-state index contributed by atoms with van der Waals surface area (Å²) in [5, 5.41) is 0. The highest BCUT2D eigenvalue weighted by Crippen LogP contribution is 2.18. The van der Waals surface area contributed by atoms with Gasteiger partial charge in [-0.2, -0.15) is 0 Å². The predicted molar refractivity (Wildman–Crippen MR) is 100 cm³/mol. The van der Waals surface area contributed by atoms with Crippen molar-refractivity contribution in [2.45, 2.75) is 58.5 Å². The number of carbonyl (C=O) groups excluding carboxylic acids is 1. The summed E-state index contributed by atoms with van der Waals surface area (Å²) in [6.07, 6.45) is 7.17. The molecule has 1 rings (SSSR count). The Morgan fingerprint density at radius 3 is 2.60 bits per heavy atom. The van der Waals surface area contributed by atoms with Crippen molar-refractivity contribution in [3.63, 3.8) is 0 Å². The molecule has 0 bridgehead atoms. The lowest BCUT2D eigenvalue weighted by atomic mass is 10.1. The van der Waals surface area contributed by atoms with Gasteiger partial charge in [0, 0.05) is 7.14 Å². The first-order chi connectivity index (χ1) is 9.54. The third-order valence-corrected chi connectivity index (χ3v) is 4.78. The number of ether oxygens (including phenoxy) is 1. The molecule has 0 saturated carbocycles. The van der Waals surface area contributed by atoms with Crippen LogP contribution < -0.4 is 0 Å². The van der Waals surface area contributed by atoms with Gasteiger partial charge in [-0.15, -0.1) is 0 Å². The molecule has 0 unspecified atom stereocenters. The molecule has 20 heavy (non-hydrogen) atoms. The zero-order valence-electron chi connectivity index (χ0n) is 12.1. The molecule has 0 amide bonds. The lowest BCUT2D eigenvalue weighted by Gasteiger charge is -2.14. The minimum atomic E-state index is -0.200. The van der Waals surface area contributed by atoms with E-state index in [1.807, 2.05) is 25.1 Å². The third-order valence-electron chi connectivity index (χ3n) is 3.17. The van der Waals surface area contributed by atoms with Crippen molar-refractivity contribution >= 4 is 51.2 Å². The van der Waals surface area contributed by atoms with Crippen LogP contribution in [-0.4, -0.2) is 12.1 Å². The van der Waals surface area contributed by atoms with Crippen LogP contribution in [0.1, 0.15) is 62.7 Å². The van der Waals surface area contributed by atoms with E-state index in [1.165, 1.54) is 25.7 Å². The first-order valence-electron chi connectivity index (χ1n) is 7.20. The molecule has 1 aromatic carbocycles. The molecule has 0 fully saturated rings. The number of hydrogen-bond acceptors (Lipinski definition) is 2. The van der Waals surface area contributed by atoms with Gasteiger partial charge in [-0.3, -0.25) is 0 Å². The summed E-state index contributed by atoms with van der Waals surface area (Å²) in [6.45, 7) is 4.20. The van der Waals surface area contributed by atoms with Crippen LogP contribution in [-0.2, 0) is 4.74 Å². The van der Waals surface area contributed by atoms with Crippen molar-refractivity contribution in [1.82, 2.24) is 0 Å². The van der Waals surface area contributed by atoms with E-state index in [0.717, 1.165) is 20.0 Å². The zero-order chi connectivity index (χ0) is 15.0. The molecule has 0 aliphatic carbocycles. The highest BCUT2D eigenvalue weighted by atomic mass is 127. The number of carbonyl (C=O) groups is 1. The second-order valence-electron chi connectivity index (χ2n) is 5.04. The molecule has 0 aliphatic rings. The highest BCUT2D eigenvalue weighted by molar-refractivity contribution is 14.1. The number of benzene rings is 1. The van der Waals surface area contributed by atoms with E-state index in [9.17, 15) is 4.79 Å². The van der Waals surface area contributed by atoms with Crippen LogP contribution >= 0.6 is 45.2 Å². The summed E-state index contributed by atoms with van der Waals surface area (Å²) >= 11 is 4.39. The Bertz CT molecular complexity index is 432. The number of esters is 1. The number of unbranched alkanes of at least 4 members (excludes halogenated alkanes) is 4. The molecular formula is C16H22I2O2. The summed E-state index contributed by atoms with van der Waals surface area (Å²) in [4.78, 5) is 12.1. The molecule has 0 spiro atoms. The number of hydrogen-bond donors (Lipinski definition) is 0. The Balaban J connectivity index is 2.39. The first-order valence-corrected chi connectivity index (χ1v) is 9.36. The Labute approximate surface area is 149 Å². The molecule has 2 nitrogen and oxygen atoms in total. The van der Waals surface area contributed by atoms with E-state index in [1.54, 1.807) is 0 Å². The van der Waals surface area contributed by atoms with Gasteiger partial charge >= 0.3 is 5.97 Å². The minimum Gasteiger partial charge on any atom is -0.459 e.